The van der Waals surface area contributed by atoms with Crippen LogP contribution in [0.4, 0.5) is 0 Å². The van der Waals surface area contributed by atoms with E-state index < -0.39 is 0 Å². The molecule has 35 heavy (non-hydrogen) atoms. The molecule has 10 heteroatoms. The molecule has 0 spiro atoms. The monoisotopic (exact) mass is 489 g/mol. The molecule has 0 aliphatic carbocycles. The second-order valence-electron chi connectivity index (χ2n) is 8.76. The number of hydrogen-bond acceptors (Lipinski definition) is 7. The molecule has 1 N–H and O–H groups in total. The van der Waals surface area contributed by atoms with Crippen LogP contribution >= 0.6 is 11.6 Å². The molecule has 4 heterocycles. The third-order valence-corrected chi connectivity index (χ3v) is 6.63. The SMILES string of the molecule is Cc1nc2ccc(Oc3ccc4ncc(-c5cnn(CC6COCCN6C)c5)nc4c3Cl)cc2[nH]1. The third kappa shape index (κ3) is 4.34. The zero-order chi connectivity index (χ0) is 23.9. The van der Waals surface area contributed by atoms with Crippen LogP contribution in [0, 0.1) is 6.92 Å². The summed E-state index contributed by atoms with van der Waals surface area (Å²) in [5, 5.41) is 4.93. The molecule has 6 rings (SSSR count). The molecule has 0 amide bonds. The number of fused-ring (bicyclic) bond motifs is 2. The predicted octanol–water partition coefficient (Wildman–Crippen LogP) is 4.45. The Morgan fingerprint density at radius 1 is 1.17 bits per heavy atom. The van der Waals surface area contributed by atoms with E-state index in [1.54, 1.807) is 12.4 Å². The molecule has 9 nitrogen and oxygen atoms in total. The van der Waals surface area contributed by atoms with Crippen molar-refractivity contribution < 1.29 is 9.47 Å². The summed E-state index contributed by atoms with van der Waals surface area (Å²) in [4.78, 5) is 19.3. The lowest BCUT2D eigenvalue weighted by Crippen LogP contribution is -2.45. The van der Waals surface area contributed by atoms with Crippen molar-refractivity contribution in [2.45, 2.75) is 19.5 Å². The van der Waals surface area contributed by atoms with Gasteiger partial charge in [0.25, 0.3) is 0 Å². The van der Waals surface area contributed by atoms with Crippen molar-refractivity contribution in [2.75, 3.05) is 26.8 Å². The summed E-state index contributed by atoms with van der Waals surface area (Å²) in [6.07, 6.45) is 5.52. The van der Waals surface area contributed by atoms with Crippen molar-refractivity contribution in [3.05, 3.63) is 59.8 Å². The quantitative estimate of drug-likeness (QED) is 0.389. The Labute approximate surface area is 206 Å². The van der Waals surface area contributed by atoms with Gasteiger partial charge in [-0.15, -0.1) is 0 Å². The molecule has 1 aliphatic heterocycles. The van der Waals surface area contributed by atoms with Gasteiger partial charge in [-0.25, -0.2) is 9.97 Å². The summed E-state index contributed by atoms with van der Waals surface area (Å²) < 4.78 is 13.6. The maximum atomic E-state index is 6.74. The van der Waals surface area contributed by atoms with Crippen LogP contribution < -0.4 is 4.74 Å². The summed E-state index contributed by atoms with van der Waals surface area (Å²) in [5.41, 5.74) is 4.64. The molecule has 1 unspecified atom stereocenters. The summed E-state index contributed by atoms with van der Waals surface area (Å²) in [6, 6.07) is 9.64. The highest BCUT2D eigenvalue weighted by Gasteiger charge is 2.20. The number of H-pyrrole nitrogens is 1. The zero-order valence-electron chi connectivity index (χ0n) is 19.4. The van der Waals surface area contributed by atoms with E-state index in [4.69, 9.17) is 26.1 Å². The van der Waals surface area contributed by atoms with Crippen LogP contribution in [-0.4, -0.2) is 67.5 Å². The minimum Gasteiger partial charge on any atom is -0.456 e. The van der Waals surface area contributed by atoms with Crippen molar-refractivity contribution in [1.82, 2.24) is 34.6 Å². The van der Waals surface area contributed by atoms with Crippen LogP contribution in [0.3, 0.4) is 0 Å². The Hall–Kier alpha value is -3.53. The Bertz CT molecular complexity index is 1530. The van der Waals surface area contributed by atoms with Crippen molar-refractivity contribution >= 4 is 33.7 Å². The molecule has 1 fully saturated rings. The standard InChI is InChI=1S/C25H24ClN7O2/c1-15-29-19-4-3-18(9-21(19)30-15)35-23-6-5-20-25(24(23)26)31-22(11-27-20)16-10-28-33(12-16)13-17-14-34-8-7-32(17)2/h3-6,9-12,17H,7-8,13-14H2,1-2H3,(H,29,30). The first-order valence-corrected chi connectivity index (χ1v) is 11.8. The van der Waals surface area contributed by atoms with Crippen LogP contribution in [-0.2, 0) is 11.3 Å². The van der Waals surface area contributed by atoms with Crippen LogP contribution in [0.2, 0.25) is 5.02 Å². The highest BCUT2D eigenvalue weighted by Crippen LogP contribution is 2.35. The minimum absolute atomic E-state index is 0.290. The second kappa shape index (κ2) is 8.92. The Morgan fingerprint density at radius 2 is 2.06 bits per heavy atom. The molecule has 2 aromatic carbocycles. The topological polar surface area (TPSA) is 94.0 Å². The number of imidazole rings is 1. The highest BCUT2D eigenvalue weighted by atomic mass is 35.5. The van der Waals surface area contributed by atoms with Gasteiger partial charge in [0.15, 0.2) is 0 Å². The average Bonchev–Trinajstić information content (AvgIpc) is 3.47. The number of nitrogens with one attached hydrogen (secondary N) is 1. The van der Waals surface area contributed by atoms with Crippen LogP contribution in [0.25, 0.3) is 33.3 Å². The first-order chi connectivity index (χ1) is 17.0. The first-order valence-electron chi connectivity index (χ1n) is 11.4. The van der Waals surface area contributed by atoms with E-state index in [1.165, 1.54) is 0 Å². The number of morpholine rings is 1. The van der Waals surface area contributed by atoms with Gasteiger partial charge in [0.1, 0.15) is 27.9 Å². The Kier molecular flexibility index (Phi) is 5.60. The lowest BCUT2D eigenvalue weighted by Gasteiger charge is -2.32. The minimum atomic E-state index is 0.290. The van der Waals surface area contributed by atoms with Crippen molar-refractivity contribution in [3.63, 3.8) is 0 Å². The normalized spacial score (nSPS) is 16.8. The zero-order valence-corrected chi connectivity index (χ0v) is 20.2. The van der Waals surface area contributed by atoms with E-state index in [0.717, 1.165) is 42.1 Å². The van der Waals surface area contributed by atoms with Crippen molar-refractivity contribution in [1.29, 1.82) is 0 Å². The van der Waals surface area contributed by atoms with Gasteiger partial charge in [0, 0.05) is 24.4 Å². The van der Waals surface area contributed by atoms with E-state index >= 15 is 0 Å². The van der Waals surface area contributed by atoms with Gasteiger partial charge < -0.3 is 14.5 Å². The average molecular weight is 490 g/mol. The molecular weight excluding hydrogens is 466 g/mol. The second-order valence-corrected chi connectivity index (χ2v) is 9.14. The number of ether oxygens (including phenoxy) is 2. The fourth-order valence-corrected chi connectivity index (χ4v) is 4.53. The number of benzene rings is 2. The van der Waals surface area contributed by atoms with E-state index in [9.17, 15) is 0 Å². The first kappa shape index (κ1) is 22.0. The number of aromatic amines is 1. The molecule has 0 bridgehead atoms. The smallest absolute Gasteiger partial charge is 0.148 e. The molecular formula is C25H24ClN7O2. The van der Waals surface area contributed by atoms with Crippen LogP contribution in [0.1, 0.15) is 5.82 Å². The van der Waals surface area contributed by atoms with Gasteiger partial charge in [-0.3, -0.25) is 14.6 Å². The maximum absolute atomic E-state index is 6.74. The van der Waals surface area contributed by atoms with Gasteiger partial charge in [-0.1, -0.05) is 11.6 Å². The number of halogens is 1. The van der Waals surface area contributed by atoms with Crippen molar-refractivity contribution in [2.24, 2.45) is 0 Å². The summed E-state index contributed by atoms with van der Waals surface area (Å²) >= 11 is 6.74. The Morgan fingerprint density at radius 3 is 2.94 bits per heavy atom. The van der Waals surface area contributed by atoms with Crippen LogP contribution in [0.5, 0.6) is 11.5 Å². The maximum Gasteiger partial charge on any atom is 0.148 e. The fourth-order valence-electron chi connectivity index (χ4n) is 4.29. The number of nitrogens with zero attached hydrogens (tertiary/aromatic N) is 6. The van der Waals surface area contributed by atoms with Gasteiger partial charge in [0.05, 0.1) is 60.4 Å². The molecule has 5 aromatic rings. The van der Waals surface area contributed by atoms with E-state index in [0.29, 0.717) is 45.9 Å². The number of likely N-dealkylation sites (N-methyl/N-ethyl adjacent to an activating group) is 1. The van der Waals surface area contributed by atoms with Gasteiger partial charge in [-0.05, 0) is 38.2 Å². The summed E-state index contributed by atoms with van der Waals surface area (Å²) in [7, 11) is 2.11. The molecule has 0 saturated carbocycles. The van der Waals surface area contributed by atoms with Gasteiger partial charge >= 0.3 is 0 Å². The number of aromatic nitrogens is 6. The lowest BCUT2D eigenvalue weighted by atomic mass is 10.2. The molecule has 1 atom stereocenters. The lowest BCUT2D eigenvalue weighted by molar-refractivity contribution is -0.00141. The fraction of sp³-hybridized carbons (Fsp3) is 0.280. The van der Waals surface area contributed by atoms with Crippen molar-refractivity contribution in [3.8, 4) is 22.8 Å². The summed E-state index contributed by atoms with van der Waals surface area (Å²) in [5.74, 6) is 2.02. The molecule has 0 radical (unpaired) electrons. The molecule has 178 valence electrons. The summed E-state index contributed by atoms with van der Waals surface area (Å²) in [6.45, 7) is 5.06. The largest absolute Gasteiger partial charge is 0.456 e. The van der Waals surface area contributed by atoms with Gasteiger partial charge in [0.2, 0.25) is 0 Å². The number of rotatable bonds is 5. The third-order valence-electron chi connectivity index (χ3n) is 6.27. The van der Waals surface area contributed by atoms with E-state index in [2.05, 4.69) is 32.0 Å². The van der Waals surface area contributed by atoms with E-state index in [1.807, 2.05) is 48.1 Å². The van der Waals surface area contributed by atoms with Gasteiger partial charge in [-0.2, -0.15) is 5.10 Å². The molecule has 3 aromatic heterocycles. The van der Waals surface area contributed by atoms with E-state index in [-0.39, 0.29) is 0 Å². The predicted molar refractivity (Wildman–Crippen MR) is 134 cm³/mol. The Balaban J connectivity index is 1.27. The number of aryl methyl sites for hydroxylation is 1. The molecule has 1 aliphatic rings. The molecule has 1 saturated heterocycles. The number of hydrogen-bond donors (Lipinski definition) is 1. The van der Waals surface area contributed by atoms with Crippen LogP contribution in [0.15, 0.2) is 48.9 Å². The highest BCUT2D eigenvalue weighted by molar-refractivity contribution is 6.36.